The van der Waals surface area contributed by atoms with Gasteiger partial charge >= 0.3 is 0 Å². The molecular formula is C17H25ClN2O2. The van der Waals surface area contributed by atoms with Crippen LogP contribution in [-0.4, -0.2) is 42.6 Å². The molecule has 2 aliphatic heterocycles. The van der Waals surface area contributed by atoms with E-state index in [0.717, 1.165) is 24.2 Å². The Kier molecular flexibility index (Phi) is 5.70. The van der Waals surface area contributed by atoms with E-state index in [1.54, 1.807) is 0 Å². The average Bonchev–Trinajstić information content (AvgIpc) is 2.82. The fourth-order valence-electron chi connectivity index (χ4n) is 3.50. The number of rotatable bonds is 4. The molecule has 2 atom stereocenters. The molecule has 1 aromatic rings. The summed E-state index contributed by atoms with van der Waals surface area (Å²) in [5.74, 6) is 0.838. The van der Waals surface area contributed by atoms with Crippen molar-refractivity contribution in [2.45, 2.75) is 50.7 Å². The number of aryl methyl sites for hydroxylation is 1. The number of piperidine rings is 1. The van der Waals surface area contributed by atoms with Crippen LogP contribution in [0.1, 0.15) is 31.2 Å². The summed E-state index contributed by atoms with van der Waals surface area (Å²) in [5.41, 5.74) is 1.14. The molecule has 0 radical (unpaired) electrons. The Bertz CT molecular complexity index is 511. The Morgan fingerprint density at radius 3 is 2.64 bits per heavy atom. The molecule has 2 fully saturated rings. The minimum atomic E-state index is 0. The molecule has 5 heteroatoms. The molecule has 2 heterocycles. The lowest BCUT2D eigenvalue weighted by Crippen LogP contribution is -2.49. The Morgan fingerprint density at radius 2 is 2.00 bits per heavy atom. The van der Waals surface area contributed by atoms with Gasteiger partial charge in [0.15, 0.2) is 6.61 Å². The van der Waals surface area contributed by atoms with Gasteiger partial charge in [0.25, 0.3) is 5.91 Å². The highest BCUT2D eigenvalue weighted by Gasteiger charge is 2.36. The van der Waals surface area contributed by atoms with Gasteiger partial charge in [-0.25, -0.2) is 0 Å². The summed E-state index contributed by atoms with van der Waals surface area (Å²) in [5, 5.41) is 3.61. The number of carbonyl (C=O) groups excluding carboxylic acids is 1. The second-order valence-corrected chi connectivity index (χ2v) is 6.37. The van der Waals surface area contributed by atoms with Crippen LogP contribution in [0.25, 0.3) is 0 Å². The predicted octanol–water partition coefficient (Wildman–Crippen LogP) is 2.54. The predicted molar refractivity (Wildman–Crippen MR) is 89.7 cm³/mol. The number of nitrogens with one attached hydrogen (secondary N) is 1. The second kappa shape index (κ2) is 7.34. The quantitative estimate of drug-likeness (QED) is 0.925. The van der Waals surface area contributed by atoms with Crippen molar-refractivity contribution in [1.29, 1.82) is 0 Å². The highest BCUT2D eigenvalue weighted by molar-refractivity contribution is 5.85. The van der Waals surface area contributed by atoms with Crippen LogP contribution in [-0.2, 0) is 4.79 Å². The number of benzene rings is 1. The van der Waals surface area contributed by atoms with Crippen LogP contribution in [0.2, 0.25) is 0 Å². The highest BCUT2D eigenvalue weighted by Crippen LogP contribution is 2.29. The minimum Gasteiger partial charge on any atom is -0.484 e. The molecule has 22 heavy (non-hydrogen) atoms. The Hall–Kier alpha value is -1.26. The maximum absolute atomic E-state index is 12.3. The molecule has 4 nitrogen and oxygen atoms in total. The number of halogens is 1. The SMILES string of the molecule is Cc1cccc(OCC(=O)N(C)C2CC3CCC(C2)N3)c1.Cl. The number of ether oxygens (including phenoxy) is 1. The van der Waals surface area contributed by atoms with Gasteiger partial charge in [0.2, 0.25) is 0 Å². The third-order valence-corrected chi connectivity index (χ3v) is 4.74. The van der Waals surface area contributed by atoms with Gasteiger partial charge in [-0.3, -0.25) is 4.79 Å². The van der Waals surface area contributed by atoms with Crippen molar-refractivity contribution in [3.05, 3.63) is 29.8 Å². The number of likely N-dealkylation sites (N-methyl/N-ethyl adjacent to an activating group) is 1. The first-order valence-electron chi connectivity index (χ1n) is 7.83. The summed E-state index contributed by atoms with van der Waals surface area (Å²) in [6, 6.07) is 9.37. The fourth-order valence-corrected chi connectivity index (χ4v) is 3.50. The molecule has 2 aliphatic rings. The highest BCUT2D eigenvalue weighted by atomic mass is 35.5. The Labute approximate surface area is 138 Å². The van der Waals surface area contributed by atoms with Crippen molar-refractivity contribution < 1.29 is 9.53 Å². The molecule has 1 N–H and O–H groups in total. The summed E-state index contributed by atoms with van der Waals surface area (Å²) < 4.78 is 5.62. The van der Waals surface area contributed by atoms with Crippen molar-refractivity contribution in [1.82, 2.24) is 10.2 Å². The zero-order valence-electron chi connectivity index (χ0n) is 13.2. The number of fused-ring (bicyclic) bond motifs is 2. The smallest absolute Gasteiger partial charge is 0.260 e. The molecule has 0 saturated carbocycles. The van der Waals surface area contributed by atoms with Crippen LogP contribution in [0.3, 0.4) is 0 Å². The van der Waals surface area contributed by atoms with E-state index in [9.17, 15) is 4.79 Å². The van der Waals surface area contributed by atoms with E-state index in [1.807, 2.05) is 43.1 Å². The van der Waals surface area contributed by atoms with Crippen molar-refractivity contribution in [2.75, 3.05) is 13.7 Å². The summed E-state index contributed by atoms with van der Waals surface area (Å²) in [4.78, 5) is 14.2. The number of hydrogen-bond donors (Lipinski definition) is 1. The van der Waals surface area contributed by atoms with E-state index in [4.69, 9.17) is 4.74 Å². The lowest BCUT2D eigenvalue weighted by molar-refractivity contribution is -0.134. The molecule has 0 aliphatic carbocycles. The molecule has 1 aromatic carbocycles. The monoisotopic (exact) mass is 324 g/mol. The van der Waals surface area contributed by atoms with E-state index in [-0.39, 0.29) is 24.9 Å². The van der Waals surface area contributed by atoms with Crippen molar-refractivity contribution in [3.8, 4) is 5.75 Å². The van der Waals surface area contributed by atoms with Crippen LogP contribution < -0.4 is 10.1 Å². The second-order valence-electron chi connectivity index (χ2n) is 6.37. The van der Waals surface area contributed by atoms with Crippen molar-refractivity contribution in [3.63, 3.8) is 0 Å². The van der Waals surface area contributed by atoms with Crippen LogP contribution >= 0.6 is 12.4 Å². The normalized spacial score (nSPS) is 26.2. The molecule has 122 valence electrons. The van der Waals surface area contributed by atoms with E-state index < -0.39 is 0 Å². The lowest BCUT2D eigenvalue weighted by atomic mass is 9.98. The fraction of sp³-hybridized carbons (Fsp3) is 0.588. The molecular weight excluding hydrogens is 300 g/mol. The number of amides is 1. The zero-order chi connectivity index (χ0) is 14.8. The average molecular weight is 325 g/mol. The molecule has 2 bridgehead atoms. The van der Waals surface area contributed by atoms with E-state index >= 15 is 0 Å². The van der Waals surface area contributed by atoms with Crippen LogP contribution in [0.5, 0.6) is 5.75 Å². The van der Waals surface area contributed by atoms with E-state index in [1.165, 1.54) is 12.8 Å². The standard InChI is InChI=1S/C17H24N2O2.ClH/c1-12-4-3-5-16(8-12)21-11-17(20)19(2)15-9-13-6-7-14(10-15)18-13;/h3-5,8,13-15,18H,6-7,9-11H2,1-2H3;1H. The lowest BCUT2D eigenvalue weighted by Gasteiger charge is -2.35. The molecule has 2 unspecified atom stereocenters. The maximum Gasteiger partial charge on any atom is 0.260 e. The molecule has 1 amide bonds. The Balaban J connectivity index is 0.00000176. The number of nitrogens with zero attached hydrogens (tertiary/aromatic N) is 1. The Morgan fingerprint density at radius 1 is 1.32 bits per heavy atom. The van der Waals surface area contributed by atoms with Gasteiger partial charge in [-0.05, 0) is 50.3 Å². The maximum atomic E-state index is 12.3. The van der Waals surface area contributed by atoms with Gasteiger partial charge in [0.1, 0.15) is 5.75 Å². The van der Waals surface area contributed by atoms with Crippen molar-refractivity contribution >= 4 is 18.3 Å². The van der Waals surface area contributed by atoms with Gasteiger partial charge in [-0.2, -0.15) is 0 Å². The topological polar surface area (TPSA) is 41.6 Å². The van der Waals surface area contributed by atoms with E-state index in [2.05, 4.69) is 5.32 Å². The number of hydrogen-bond acceptors (Lipinski definition) is 3. The van der Waals surface area contributed by atoms with Gasteiger partial charge in [-0.1, -0.05) is 12.1 Å². The summed E-state index contributed by atoms with van der Waals surface area (Å²) in [6.07, 6.45) is 4.65. The summed E-state index contributed by atoms with van der Waals surface area (Å²) in [6.45, 7) is 2.14. The van der Waals surface area contributed by atoms with Crippen LogP contribution in [0.15, 0.2) is 24.3 Å². The van der Waals surface area contributed by atoms with Gasteiger partial charge in [0.05, 0.1) is 0 Å². The summed E-state index contributed by atoms with van der Waals surface area (Å²) in [7, 11) is 1.91. The molecule has 2 saturated heterocycles. The first-order chi connectivity index (χ1) is 10.1. The molecule has 0 aromatic heterocycles. The summed E-state index contributed by atoms with van der Waals surface area (Å²) >= 11 is 0. The van der Waals surface area contributed by atoms with Crippen LogP contribution in [0.4, 0.5) is 0 Å². The molecule has 0 spiro atoms. The third kappa shape index (κ3) is 3.93. The largest absolute Gasteiger partial charge is 0.484 e. The van der Waals surface area contributed by atoms with Gasteiger partial charge < -0.3 is 15.0 Å². The minimum absolute atomic E-state index is 0. The first kappa shape index (κ1) is 17.1. The van der Waals surface area contributed by atoms with Gasteiger partial charge in [-0.15, -0.1) is 12.4 Å². The van der Waals surface area contributed by atoms with E-state index in [0.29, 0.717) is 18.1 Å². The van der Waals surface area contributed by atoms with Crippen molar-refractivity contribution in [2.24, 2.45) is 0 Å². The third-order valence-electron chi connectivity index (χ3n) is 4.74. The number of carbonyl (C=O) groups is 1. The van der Waals surface area contributed by atoms with Gasteiger partial charge in [0, 0.05) is 25.2 Å². The zero-order valence-corrected chi connectivity index (χ0v) is 14.1. The first-order valence-corrected chi connectivity index (χ1v) is 7.83. The molecule has 3 rings (SSSR count). The van der Waals surface area contributed by atoms with Crippen LogP contribution in [0, 0.1) is 6.92 Å².